The maximum absolute atomic E-state index is 6.40. The zero-order chi connectivity index (χ0) is 32.0. The van der Waals surface area contributed by atoms with Crippen molar-refractivity contribution in [2.45, 2.75) is 19.3 Å². The molecular formula is C45H31NOS. The molecule has 2 aromatic heterocycles. The maximum Gasteiger partial charge on any atom is 0.143 e. The first kappa shape index (κ1) is 27.5. The van der Waals surface area contributed by atoms with Gasteiger partial charge in [-0.2, -0.15) is 0 Å². The van der Waals surface area contributed by atoms with Crippen molar-refractivity contribution < 1.29 is 4.42 Å². The molecule has 48 heavy (non-hydrogen) atoms. The molecule has 0 fully saturated rings. The highest BCUT2D eigenvalue weighted by molar-refractivity contribution is 7.25. The summed E-state index contributed by atoms with van der Waals surface area (Å²) in [5, 5.41) is 4.89. The summed E-state index contributed by atoms with van der Waals surface area (Å²) in [6.07, 6.45) is 0. The van der Waals surface area contributed by atoms with Crippen LogP contribution in [0.3, 0.4) is 0 Å². The highest BCUT2D eigenvalue weighted by atomic mass is 32.1. The number of fused-ring (bicyclic) bond motifs is 9. The molecule has 1 aliphatic carbocycles. The van der Waals surface area contributed by atoms with E-state index in [-0.39, 0.29) is 5.41 Å². The van der Waals surface area contributed by atoms with Crippen LogP contribution in [0, 0.1) is 0 Å². The van der Waals surface area contributed by atoms with Crippen LogP contribution in [0.5, 0.6) is 0 Å². The summed E-state index contributed by atoms with van der Waals surface area (Å²) in [6, 6.07) is 55.2. The zero-order valence-electron chi connectivity index (χ0n) is 26.7. The molecule has 3 heteroatoms. The molecule has 0 radical (unpaired) electrons. The quantitative estimate of drug-likeness (QED) is 0.192. The van der Waals surface area contributed by atoms with Gasteiger partial charge in [0.1, 0.15) is 11.2 Å². The summed E-state index contributed by atoms with van der Waals surface area (Å²) in [5.41, 5.74) is 12.8. The Hall–Kier alpha value is -5.64. The molecule has 0 saturated carbocycles. The first-order valence-electron chi connectivity index (χ1n) is 16.5. The fourth-order valence-corrected chi connectivity index (χ4v) is 8.98. The number of hydrogen-bond acceptors (Lipinski definition) is 3. The monoisotopic (exact) mass is 633 g/mol. The van der Waals surface area contributed by atoms with Crippen LogP contribution in [0.1, 0.15) is 25.0 Å². The van der Waals surface area contributed by atoms with Crippen molar-refractivity contribution in [3.05, 3.63) is 163 Å². The fraction of sp³-hybridized carbons (Fsp3) is 0.0667. The van der Waals surface area contributed by atoms with E-state index in [2.05, 4.69) is 158 Å². The van der Waals surface area contributed by atoms with E-state index in [1.165, 1.54) is 42.4 Å². The molecule has 0 atom stereocenters. The molecular weight excluding hydrogens is 603 g/mol. The van der Waals surface area contributed by atoms with Crippen molar-refractivity contribution in [1.29, 1.82) is 0 Å². The summed E-state index contributed by atoms with van der Waals surface area (Å²) in [4.78, 5) is 2.41. The summed E-state index contributed by atoms with van der Waals surface area (Å²) in [6.45, 7) is 4.70. The van der Waals surface area contributed by atoms with Crippen LogP contribution in [-0.4, -0.2) is 0 Å². The number of nitrogens with zero attached hydrogens (tertiary/aromatic N) is 1. The van der Waals surface area contributed by atoms with Gasteiger partial charge in [0.25, 0.3) is 0 Å². The summed E-state index contributed by atoms with van der Waals surface area (Å²) in [7, 11) is 0. The molecule has 7 aromatic carbocycles. The largest absolute Gasteiger partial charge is 0.455 e. The second-order valence-corrected chi connectivity index (χ2v) is 14.4. The third-order valence-electron chi connectivity index (χ3n) is 10.3. The van der Waals surface area contributed by atoms with Crippen LogP contribution in [-0.2, 0) is 5.41 Å². The van der Waals surface area contributed by atoms with E-state index in [0.717, 1.165) is 50.1 Å². The lowest BCUT2D eigenvalue weighted by atomic mass is 9.82. The van der Waals surface area contributed by atoms with E-state index >= 15 is 0 Å². The number of furan rings is 1. The maximum atomic E-state index is 6.40. The molecule has 0 N–H and O–H groups in total. The molecule has 0 unspecified atom stereocenters. The molecule has 0 spiro atoms. The molecule has 0 bridgehead atoms. The summed E-state index contributed by atoms with van der Waals surface area (Å²) in [5.74, 6) is 0. The number of benzene rings is 7. The Bertz CT molecular complexity index is 2710. The van der Waals surface area contributed by atoms with Crippen LogP contribution < -0.4 is 4.90 Å². The Labute approximate surface area is 283 Å². The van der Waals surface area contributed by atoms with Crippen LogP contribution in [0.25, 0.3) is 64.4 Å². The van der Waals surface area contributed by atoms with E-state index < -0.39 is 0 Å². The molecule has 2 heterocycles. The van der Waals surface area contributed by atoms with Gasteiger partial charge in [-0.1, -0.05) is 111 Å². The summed E-state index contributed by atoms with van der Waals surface area (Å²) < 4.78 is 9.02. The number of hydrogen-bond donors (Lipinski definition) is 0. The van der Waals surface area contributed by atoms with Crippen molar-refractivity contribution in [3.8, 4) is 22.3 Å². The van der Waals surface area contributed by atoms with E-state index in [4.69, 9.17) is 4.42 Å². The van der Waals surface area contributed by atoms with Gasteiger partial charge in [0.05, 0.1) is 0 Å². The molecule has 0 saturated heterocycles. The van der Waals surface area contributed by atoms with Crippen LogP contribution >= 0.6 is 11.3 Å². The Morgan fingerprint density at radius 3 is 2.02 bits per heavy atom. The number of anilines is 3. The standard InChI is InChI=1S/C45H31NOS/c1-45(2)39-15-6-3-10-33(39)34-24-22-31(27-40(34)45)46(30-23-25-43-38(26-30)36-12-5-8-17-42(36)48-43)29-20-18-28(19-21-29)32-13-9-14-37-35-11-4-7-16-41(35)47-44(32)37/h3-27H,1-2H3. The molecule has 10 rings (SSSR count). The lowest BCUT2D eigenvalue weighted by Crippen LogP contribution is -2.16. The average Bonchev–Trinajstić information content (AvgIpc) is 3.77. The molecule has 0 amide bonds. The minimum absolute atomic E-state index is 0.0871. The van der Waals surface area contributed by atoms with Crippen molar-refractivity contribution in [2.75, 3.05) is 4.90 Å². The van der Waals surface area contributed by atoms with Crippen molar-refractivity contribution in [3.63, 3.8) is 0 Å². The zero-order valence-corrected chi connectivity index (χ0v) is 27.5. The number of para-hydroxylation sites is 2. The van der Waals surface area contributed by atoms with Gasteiger partial charge in [-0.3, -0.25) is 0 Å². The lowest BCUT2D eigenvalue weighted by Gasteiger charge is -2.28. The van der Waals surface area contributed by atoms with Gasteiger partial charge >= 0.3 is 0 Å². The number of rotatable bonds is 4. The minimum Gasteiger partial charge on any atom is -0.455 e. The second kappa shape index (κ2) is 10.2. The second-order valence-electron chi connectivity index (χ2n) is 13.3. The Balaban J connectivity index is 1.14. The SMILES string of the molecule is CC1(C)c2ccccc2-c2ccc(N(c3ccc(-c4cccc5c4oc4ccccc45)cc3)c3ccc4sc5ccccc5c4c3)cc21. The Morgan fingerprint density at radius 1 is 0.479 bits per heavy atom. The van der Waals surface area contributed by atoms with Crippen LogP contribution in [0.2, 0.25) is 0 Å². The molecule has 0 aliphatic heterocycles. The topological polar surface area (TPSA) is 16.4 Å². The van der Waals surface area contributed by atoms with Gasteiger partial charge in [0.15, 0.2) is 0 Å². The van der Waals surface area contributed by atoms with E-state index in [1.54, 1.807) is 0 Å². The van der Waals surface area contributed by atoms with Gasteiger partial charge in [-0.15, -0.1) is 11.3 Å². The minimum atomic E-state index is -0.0871. The Morgan fingerprint density at radius 2 is 1.12 bits per heavy atom. The van der Waals surface area contributed by atoms with Crippen LogP contribution in [0.15, 0.2) is 156 Å². The first-order chi connectivity index (χ1) is 23.5. The Kier molecular flexibility index (Phi) is 5.82. The van der Waals surface area contributed by atoms with E-state index in [0.29, 0.717) is 0 Å². The summed E-state index contributed by atoms with van der Waals surface area (Å²) >= 11 is 1.86. The highest BCUT2D eigenvalue weighted by Crippen LogP contribution is 2.51. The molecule has 1 aliphatic rings. The fourth-order valence-electron chi connectivity index (χ4n) is 7.90. The first-order valence-corrected chi connectivity index (χ1v) is 17.3. The van der Waals surface area contributed by atoms with E-state index in [9.17, 15) is 0 Å². The van der Waals surface area contributed by atoms with Crippen molar-refractivity contribution >= 4 is 70.5 Å². The van der Waals surface area contributed by atoms with E-state index in [1.807, 2.05) is 23.5 Å². The van der Waals surface area contributed by atoms with Gasteiger partial charge < -0.3 is 9.32 Å². The normalized spacial score (nSPS) is 13.4. The third-order valence-corrected chi connectivity index (χ3v) is 11.4. The molecule has 2 nitrogen and oxygen atoms in total. The highest BCUT2D eigenvalue weighted by Gasteiger charge is 2.35. The van der Waals surface area contributed by atoms with Gasteiger partial charge in [0, 0.05) is 59.0 Å². The average molecular weight is 634 g/mol. The third kappa shape index (κ3) is 3.98. The molecule has 9 aromatic rings. The van der Waals surface area contributed by atoms with Gasteiger partial charge in [-0.05, 0) is 82.4 Å². The smallest absolute Gasteiger partial charge is 0.143 e. The predicted octanol–water partition coefficient (Wildman–Crippen LogP) is 13.4. The van der Waals surface area contributed by atoms with Crippen molar-refractivity contribution in [2.24, 2.45) is 0 Å². The van der Waals surface area contributed by atoms with Gasteiger partial charge in [0.2, 0.25) is 0 Å². The van der Waals surface area contributed by atoms with Gasteiger partial charge in [-0.25, -0.2) is 0 Å². The van der Waals surface area contributed by atoms with Crippen molar-refractivity contribution in [1.82, 2.24) is 0 Å². The molecule has 228 valence electrons. The number of thiophene rings is 1. The van der Waals surface area contributed by atoms with Crippen LogP contribution in [0.4, 0.5) is 17.1 Å². The predicted molar refractivity (Wildman–Crippen MR) is 204 cm³/mol. The lowest BCUT2D eigenvalue weighted by molar-refractivity contribution is 0.660.